The first-order valence-corrected chi connectivity index (χ1v) is 10.5. The molecule has 32 heavy (non-hydrogen) atoms. The van der Waals surface area contributed by atoms with E-state index in [1.807, 2.05) is 71.6 Å². The third-order valence-electron chi connectivity index (χ3n) is 5.94. The molecule has 1 atom stereocenters. The fourth-order valence-corrected chi connectivity index (χ4v) is 4.33. The highest BCUT2D eigenvalue weighted by atomic mass is 16.5. The zero-order valence-corrected chi connectivity index (χ0v) is 17.7. The van der Waals surface area contributed by atoms with Crippen LogP contribution in [0.5, 0.6) is 11.5 Å². The van der Waals surface area contributed by atoms with E-state index in [2.05, 4.69) is 10.2 Å². The van der Waals surface area contributed by atoms with E-state index >= 15 is 0 Å². The number of hydrogen-bond donors (Lipinski definition) is 2. The molecule has 0 aliphatic carbocycles. The lowest BCUT2D eigenvalue weighted by molar-refractivity contribution is 0.0746. The Labute approximate surface area is 186 Å². The van der Waals surface area contributed by atoms with E-state index in [0.29, 0.717) is 29.9 Å². The number of aromatic amines is 1. The summed E-state index contributed by atoms with van der Waals surface area (Å²) < 4.78 is 5.24. The van der Waals surface area contributed by atoms with Crippen LogP contribution in [0.25, 0.3) is 11.3 Å². The van der Waals surface area contributed by atoms with Gasteiger partial charge in [0.25, 0.3) is 5.91 Å². The Balaban J connectivity index is 1.53. The average Bonchev–Trinajstić information content (AvgIpc) is 3.37. The highest BCUT2D eigenvalue weighted by molar-refractivity contribution is 6.00. The number of phenolic OH excluding ortho intramolecular Hbond substituents is 1. The van der Waals surface area contributed by atoms with Gasteiger partial charge in [-0.1, -0.05) is 54.6 Å². The molecule has 1 aliphatic rings. The number of ether oxygens (including phenoxy) is 1. The van der Waals surface area contributed by atoms with Gasteiger partial charge in [0.2, 0.25) is 0 Å². The first-order valence-electron chi connectivity index (χ1n) is 10.5. The van der Waals surface area contributed by atoms with Crippen molar-refractivity contribution in [3.63, 3.8) is 0 Å². The number of phenols is 1. The fourth-order valence-electron chi connectivity index (χ4n) is 4.33. The van der Waals surface area contributed by atoms with E-state index in [1.165, 1.54) is 0 Å². The van der Waals surface area contributed by atoms with Crippen LogP contribution in [-0.4, -0.2) is 39.8 Å². The van der Waals surface area contributed by atoms with Gasteiger partial charge >= 0.3 is 0 Å². The summed E-state index contributed by atoms with van der Waals surface area (Å²) in [5.74, 6) is 0.857. The van der Waals surface area contributed by atoms with Gasteiger partial charge in [-0.05, 0) is 41.8 Å². The zero-order valence-electron chi connectivity index (χ0n) is 17.7. The number of amides is 1. The molecule has 4 aromatic rings. The lowest BCUT2D eigenvalue weighted by Crippen LogP contribution is -2.31. The summed E-state index contributed by atoms with van der Waals surface area (Å²) in [7, 11) is 1.65. The Bertz CT molecular complexity index is 1250. The molecule has 0 radical (unpaired) electrons. The van der Waals surface area contributed by atoms with E-state index in [1.54, 1.807) is 19.2 Å². The van der Waals surface area contributed by atoms with Gasteiger partial charge in [0.1, 0.15) is 22.9 Å². The number of methoxy groups -OCH3 is 1. The SMILES string of the molecule is COc1ccc(CCN2C(=O)c3[nH]nc(-c4ccccc4O)c3[C@@H]2c2ccccc2)cc1. The highest BCUT2D eigenvalue weighted by Crippen LogP contribution is 2.44. The van der Waals surface area contributed by atoms with Crippen LogP contribution in [0.15, 0.2) is 78.9 Å². The molecule has 1 aliphatic heterocycles. The standard InChI is InChI=1S/C26H23N3O3/c1-32-19-13-11-17(12-14-19)15-16-29-25(18-7-3-2-4-8-18)22-23(27-28-24(22)26(29)31)20-9-5-6-10-21(20)30/h2-14,25,30H,15-16H2,1H3,(H,27,28)/t25-/m0/s1. The van der Waals surface area contributed by atoms with Crippen LogP contribution in [-0.2, 0) is 6.42 Å². The summed E-state index contributed by atoms with van der Waals surface area (Å²) in [5.41, 5.74) is 4.62. The van der Waals surface area contributed by atoms with Crippen LogP contribution >= 0.6 is 0 Å². The van der Waals surface area contributed by atoms with Crippen molar-refractivity contribution < 1.29 is 14.6 Å². The highest BCUT2D eigenvalue weighted by Gasteiger charge is 2.42. The third kappa shape index (κ3) is 3.39. The Morgan fingerprint density at radius 2 is 1.72 bits per heavy atom. The molecular formula is C26H23N3O3. The smallest absolute Gasteiger partial charge is 0.273 e. The molecule has 6 heteroatoms. The quantitative estimate of drug-likeness (QED) is 0.474. The van der Waals surface area contributed by atoms with Crippen molar-refractivity contribution in [1.82, 2.24) is 15.1 Å². The van der Waals surface area contributed by atoms with Gasteiger partial charge in [0.15, 0.2) is 0 Å². The largest absolute Gasteiger partial charge is 0.507 e. The molecule has 5 rings (SSSR count). The molecule has 0 spiro atoms. The molecule has 2 N–H and O–H groups in total. The Morgan fingerprint density at radius 3 is 2.44 bits per heavy atom. The Hall–Kier alpha value is -4.06. The van der Waals surface area contributed by atoms with Gasteiger partial charge in [-0.15, -0.1) is 0 Å². The average molecular weight is 425 g/mol. The van der Waals surface area contributed by atoms with E-state index in [4.69, 9.17) is 4.74 Å². The number of fused-ring (bicyclic) bond motifs is 1. The predicted octanol–water partition coefficient (Wildman–Crippen LogP) is 4.58. The predicted molar refractivity (Wildman–Crippen MR) is 122 cm³/mol. The lowest BCUT2D eigenvalue weighted by Gasteiger charge is -2.26. The van der Waals surface area contributed by atoms with E-state index in [9.17, 15) is 9.90 Å². The van der Waals surface area contributed by atoms with Gasteiger partial charge < -0.3 is 14.7 Å². The Kier molecular flexibility index (Phi) is 5.11. The van der Waals surface area contributed by atoms with Gasteiger partial charge in [0, 0.05) is 17.7 Å². The number of nitrogens with one attached hydrogen (secondary N) is 1. The van der Waals surface area contributed by atoms with Gasteiger partial charge in [-0.2, -0.15) is 5.10 Å². The lowest BCUT2D eigenvalue weighted by atomic mass is 9.95. The number of carbonyl (C=O) groups excluding carboxylic acids is 1. The van der Waals surface area contributed by atoms with Crippen molar-refractivity contribution in [2.75, 3.05) is 13.7 Å². The second-order valence-corrected chi connectivity index (χ2v) is 7.79. The molecule has 0 saturated carbocycles. The number of H-pyrrole nitrogens is 1. The Morgan fingerprint density at radius 1 is 1.00 bits per heavy atom. The van der Waals surface area contributed by atoms with Crippen LogP contribution in [0.1, 0.15) is 33.2 Å². The molecule has 1 amide bonds. The van der Waals surface area contributed by atoms with Crippen LogP contribution in [0.2, 0.25) is 0 Å². The second-order valence-electron chi connectivity index (χ2n) is 7.79. The summed E-state index contributed by atoms with van der Waals surface area (Å²) in [6.45, 7) is 0.549. The number of nitrogens with zero attached hydrogens (tertiary/aromatic N) is 2. The minimum atomic E-state index is -0.287. The maximum absolute atomic E-state index is 13.4. The van der Waals surface area contributed by atoms with Crippen molar-refractivity contribution in [2.24, 2.45) is 0 Å². The third-order valence-corrected chi connectivity index (χ3v) is 5.94. The van der Waals surface area contributed by atoms with E-state index in [-0.39, 0.29) is 17.7 Å². The number of para-hydroxylation sites is 1. The minimum Gasteiger partial charge on any atom is -0.507 e. The van der Waals surface area contributed by atoms with Crippen LogP contribution in [0.3, 0.4) is 0 Å². The maximum Gasteiger partial charge on any atom is 0.273 e. The number of hydrogen-bond acceptors (Lipinski definition) is 4. The summed E-state index contributed by atoms with van der Waals surface area (Å²) in [6, 6.07) is 24.6. The topological polar surface area (TPSA) is 78.5 Å². The maximum atomic E-state index is 13.4. The van der Waals surface area contributed by atoms with Crippen molar-refractivity contribution >= 4 is 5.91 Å². The van der Waals surface area contributed by atoms with Gasteiger partial charge in [-0.25, -0.2) is 0 Å². The number of rotatable bonds is 6. The number of benzene rings is 3. The zero-order chi connectivity index (χ0) is 22.1. The molecule has 0 bridgehead atoms. The molecule has 6 nitrogen and oxygen atoms in total. The number of carbonyl (C=O) groups is 1. The van der Waals surface area contributed by atoms with E-state index < -0.39 is 0 Å². The van der Waals surface area contributed by atoms with Gasteiger partial charge in [0.05, 0.1) is 13.2 Å². The van der Waals surface area contributed by atoms with Crippen molar-refractivity contribution in [1.29, 1.82) is 0 Å². The molecular weight excluding hydrogens is 402 g/mol. The monoisotopic (exact) mass is 425 g/mol. The van der Waals surface area contributed by atoms with E-state index in [0.717, 1.165) is 22.4 Å². The molecule has 1 aromatic heterocycles. The van der Waals surface area contributed by atoms with Gasteiger partial charge in [-0.3, -0.25) is 9.89 Å². The first-order chi connectivity index (χ1) is 15.7. The summed E-state index contributed by atoms with van der Waals surface area (Å²) in [5, 5.41) is 17.8. The molecule has 3 aromatic carbocycles. The molecule has 0 fully saturated rings. The minimum absolute atomic E-state index is 0.0865. The summed E-state index contributed by atoms with van der Waals surface area (Å²) in [6.07, 6.45) is 0.711. The van der Waals surface area contributed by atoms with Crippen molar-refractivity contribution in [3.8, 4) is 22.8 Å². The normalized spacial score (nSPS) is 15.1. The fraction of sp³-hybridized carbons (Fsp3) is 0.154. The molecule has 0 unspecified atom stereocenters. The van der Waals surface area contributed by atoms with Crippen molar-refractivity contribution in [3.05, 3.63) is 101 Å². The molecule has 2 heterocycles. The van der Waals surface area contributed by atoms with Crippen molar-refractivity contribution in [2.45, 2.75) is 12.5 Å². The molecule has 160 valence electrons. The summed E-state index contributed by atoms with van der Waals surface area (Å²) in [4.78, 5) is 15.3. The summed E-state index contributed by atoms with van der Waals surface area (Å²) >= 11 is 0. The molecule has 0 saturated heterocycles. The van der Waals surface area contributed by atoms with Crippen LogP contribution in [0, 0.1) is 0 Å². The first kappa shape index (κ1) is 19.9. The second kappa shape index (κ2) is 8.23. The van der Waals surface area contributed by atoms with Crippen LogP contribution < -0.4 is 4.74 Å². The number of aromatic nitrogens is 2. The number of aromatic hydroxyl groups is 1. The van der Waals surface area contributed by atoms with Crippen LogP contribution in [0.4, 0.5) is 0 Å².